The Morgan fingerprint density at radius 3 is 2.04 bits per heavy atom. The maximum absolute atomic E-state index is 14.5. The van der Waals surface area contributed by atoms with Gasteiger partial charge in [-0.25, -0.2) is 14.2 Å². The van der Waals surface area contributed by atoms with Crippen molar-refractivity contribution in [3.8, 4) is 33.9 Å². The number of nitrogens with two attached hydrogens (primary N) is 2. The SMILES string of the molecule is CC[C@H](C)[C@@H](C(=O)N1CCN(c2nc(Nc3ccc(-c4c5ccc(=O)cc-5oc5cc(O)ccc45)c(C(=O)O)c3)nc(N3CCN(C(=O)[C@H](Cc4ccc(O)cc4)n4cc(CCO)nn4)CC3)n2)CC1)n1cc(CCCN=C(N)N)nn1. The second-order valence-electron chi connectivity index (χ2n) is 20.4. The van der Waals surface area contributed by atoms with Crippen LogP contribution in [0.15, 0.2) is 105 Å². The number of aromatic nitrogens is 9. The fourth-order valence-electron chi connectivity index (χ4n) is 10.4. The number of hydrogen-bond acceptors (Lipinski definition) is 19. The molecule has 9 N–H and O–H groups in total. The van der Waals surface area contributed by atoms with Gasteiger partial charge in [-0.3, -0.25) is 19.4 Å². The fourth-order valence-corrected chi connectivity index (χ4v) is 10.4. The van der Waals surface area contributed by atoms with E-state index >= 15 is 0 Å². The molecule has 6 aromatic rings. The smallest absolute Gasteiger partial charge is 0.336 e. The number of piperazine rings is 2. The summed E-state index contributed by atoms with van der Waals surface area (Å²) in [5, 5.41) is 61.7. The first-order valence-electron chi connectivity index (χ1n) is 27.1. The van der Waals surface area contributed by atoms with Crippen molar-refractivity contribution in [3.05, 3.63) is 124 Å². The average molecular weight is 1120 g/mol. The van der Waals surface area contributed by atoms with Crippen LogP contribution in [0.1, 0.15) is 66.1 Å². The number of carbonyl (C=O) groups is 3. The van der Waals surface area contributed by atoms with Crippen LogP contribution in [0, 0.1) is 5.92 Å². The highest BCUT2D eigenvalue weighted by atomic mass is 16.4. The summed E-state index contributed by atoms with van der Waals surface area (Å²) >= 11 is 0. The van der Waals surface area contributed by atoms with Crippen molar-refractivity contribution in [2.24, 2.45) is 22.4 Å². The zero-order chi connectivity index (χ0) is 57.6. The molecule has 0 unspecified atom stereocenters. The minimum Gasteiger partial charge on any atom is -0.508 e. The summed E-state index contributed by atoms with van der Waals surface area (Å²) in [6.45, 7) is 6.96. The van der Waals surface area contributed by atoms with Gasteiger partial charge in [0.05, 0.1) is 17.0 Å². The number of aryl methyl sites for hydroxylation is 1. The number of nitrogens with one attached hydrogen (secondary N) is 1. The van der Waals surface area contributed by atoms with E-state index < -0.39 is 18.1 Å². The largest absolute Gasteiger partial charge is 0.508 e. The lowest BCUT2D eigenvalue weighted by Crippen LogP contribution is -2.52. The molecule has 3 aromatic carbocycles. The van der Waals surface area contributed by atoms with Gasteiger partial charge in [0.15, 0.2) is 11.4 Å². The number of nitrogens with zero attached hydrogens (tertiary/aromatic N) is 14. The minimum absolute atomic E-state index is 0.0197. The van der Waals surface area contributed by atoms with Crippen molar-refractivity contribution in [2.75, 3.05) is 80.6 Å². The van der Waals surface area contributed by atoms with Gasteiger partial charge in [-0.05, 0) is 78.4 Å². The Hall–Kier alpha value is -9.72. The zero-order valence-corrected chi connectivity index (χ0v) is 45.2. The second kappa shape index (κ2) is 24.3. The Bertz CT molecular complexity index is 3660. The highest BCUT2D eigenvalue weighted by Crippen LogP contribution is 2.43. The number of carboxylic acids is 1. The molecule has 26 heteroatoms. The molecule has 3 aromatic heterocycles. The maximum Gasteiger partial charge on any atom is 0.336 e. The fraction of sp³-hybridized carbons (Fsp3) is 0.357. The van der Waals surface area contributed by atoms with Gasteiger partial charge >= 0.3 is 5.97 Å². The van der Waals surface area contributed by atoms with E-state index in [-0.39, 0.29) is 96.0 Å². The van der Waals surface area contributed by atoms with Crippen molar-refractivity contribution in [1.82, 2.24) is 54.7 Å². The molecule has 2 saturated heterocycles. The lowest BCUT2D eigenvalue weighted by atomic mass is 9.90. The number of amides is 2. The number of benzene rings is 4. The Labute approximate surface area is 469 Å². The number of aromatic carboxylic acids is 1. The van der Waals surface area contributed by atoms with E-state index in [1.807, 2.05) is 34.7 Å². The summed E-state index contributed by atoms with van der Waals surface area (Å²) in [5.41, 5.74) is 14.5. The number of carbonyl (C=O) groups excluding carboxylic acids is 2. The van der Waals surface area contributed by atoms with Gasteiger partial charge in [-0.2, -0.15) is 15.0 Å². The molecule has 1 aliphatic carbocycles. The number of fused-ring (bicyclic) bond motifs is 2. The lowest BCUT2D eigenvalue weighted by molar-refractivity contribution is -0.137. The van der Waals surface area contributed by atoms with Crippen LogP contribution in [0.3, 0.4) is 0 Å². The van der Waals surface area contributed by atoms with Crippen LogP contribution < -0.4 is 32.0 Å². The predicted molar refractivity (Wildman–Crippen MR) is 303 cm³/mol. The van der Waals surface area contributed by atoms with Crippen LogP contribution in [0.4, 0.5) is 23.5 Å². The standard InChI is InChI=1S/C56H63N17O9/c1-3-33(2)49(73-32-36(64-67-73)5-4-17-59-53(57)58)51(79)69-20-24-71(25-21-69)56-62-54(60-35-8-13-41(44(28-35)52(80)81)48-42-14-11-39(76)29-46(42)82-47-30-40(77)12-15-43(47)48)61-55(63-56)70-22-18-68(19-23-70)50(78)45(27-34-6-9-38(75)10-7-34)72-31-37(16-26-74)65-66-72/h6-15,28-33,45,49,74-76H,3-5,16-27H2,1-2H3,(H,80,81)(H4,57,58,59)(H,60,61,62,63)/t33-,45-,49-/m0/s1. The summed E-state index contributed by atoms with van der Waals surface area (Å²) in [5.74, 6) is -0.635. The first-order chi connectivity index (χ1) is 39.6. The van der Waals surface area contributed by atoms with Crippen molar-refractivity contribution < 1.29 is 39.2 Å². The first-order valence-corrected chi connectivity index (χ1v) is 27.1. The normalized spacial score (nSPS) is 14.9. The highest BCUT2D eigenvalue weighted by molar-refractivity contribution is 6.08. The molecule has 4 aliphatic rings. The van der Waals surface area contributed by atoms with Crippen LogP contribution in [0.5, 0.6) is 11.5 Å². The van der Waals surface area contributed by atoms with Crippen molar-refractivity contribution >= 4 is 58.2 Å². The molecule has 82 heavy (non-hydrogen) atoms. The Balaban J connectivity index is 0.931. The molecule has 6 heterocycles. The van der Waals surface area contributed by atoms with E-state index in [0.29, 0.717) is 104 Å². The van der Waals surface area contributed by atoms with Gasteiger partial charge in [0.2, 0.25) is 29.7 Å². The first kappa shape index (κ1) is 55.6. The van der Waals surface area contributed by atoms with Crippen LogP contribution in [0.25, 0.3) is 33.4 Å². The number of aromatic hydroxyl groups is 2. The van der Waals surface area contributed by atoms with E-state index in [4.69, 9.17) is 30.8 Å². The molecule has 0 saturated carbocycles. The van der Waals surface area contributed by atoms with Gasteiger partial charge in [-0.1, -0.05) is 48.9 Å². The molecule has 26 nitrogen and oxygen atoms in total. The van der Waals surface area contributed by atoms with E-state index in [1.165, 1.54) is 35.0 Å². The van der Waals surface area contributed by atoms with Gasteiger partial charge < -0.3 is 61.2 Å². The van der Waals surface area contributed by atoms with Crippen molar-refractivity contribution in [1.29, 1.82) is 0 Å². The van der Waals surface area contributed by atoms with E-state index in [0.717, 1.165) is 17.7 Å². The number of rotatable bonds is 20. The molecule has 426 valence electrons. The molecule has 3 aliphatic heterocycles. The predicted octanol–water partition coefficient (Wildman–Crippen LogP) is 3.60. The third-order valence-electron chi connectivity index (χ3n) is 14.9. The molecular weight excluding hydrogens is 1050 g/mol. The van der Waals surface area contributed by atoms with Crippen molar-refractivity contribution in [2.45, 2.75) is 58.0 Å². The molecule has 2 amide bonds. The van der Waals surface area contributed by atoms with Gasteiger partial charge in [-0.15, -0.1) is 10.2 Å². The molecule has 2 fully saturated rings. The van der Waals surface area contributed by atoms with Crippen LogP contribution in [-0.2, 0) is 28.9 Å². The molecular formula is C56H63N17O9. The summed E-state index contributed by atoms with van der Waals surface area (Å²) < 4.78 is 9.20. The highest BCUT2D eigenvalue weighted by Gasteiger charge is 2.35. The molecule has 0 bridgehead atoms. The summed E-state index contributed by atoms with van der Waals surface area (Å²) in [6, 6.07) is 18.8. The van der Waals surface area contributed by atoms with Gasteiger partial charge in [0.1, 0.15) is 34.9 Å². The monoisotopic (exact) mass is 1120 g/mol. The topological polar surface area (TPSA) is 352 Å². The number of guanidine groups is 1. The number of aliphatic hydroxyl groups is 1. The maximum atomic E-state index is 14.5. The van der Waals surface area contributed by atoms with Crippen molar-refractivity contribution in [3.63, 3.8) is 0 Å². The third-order valence-corrected chi connectivity index (χ3v) is 14.9. The van der Waals surface area contributed by atoms with Crippen LogP contribution in [0.2, 0.25) is 0 Å². The van der Waals surface area contributed by atoms with Crippen LogP contribution >= 0.6 is 0 Å². The molecule has 10 rings (SSSR count). The Morgan fingerprint density at radius 1 is 0.744 bits per heavy atom. The number of anilines is 4. The lowest BCUT2D eigenvalue weighted by Gasteiger charge is -2.38. The molecule has 0 spiro atoms. The summed E-state index contributed by atoms with van der Waals surface area (Å²) in [6.07, 6.45) is 5.97. The number of phenols is 2. The van der Waals surface area contributed by atoms with Crippen LogP contribution in [-0.4, -0.2) is 164 Å². The van der Waals surface area contributed by atoms with E-state index in [2.05, 4.69) is 30.9 Å². The number of phenolic OH excluding ortho intramolecular Hbond substituents is 2. The van der Waals surface area contributed by atoms with E-state index in [1.54, 1.807) is 64.3 Å². The third kappa shape index (κ3) is 12.3. The number of aliphatic hydroxyl groups excluding tert-OH is 1. The van der Waals surface area contributed by atoms with Gasteiger partial charge in [0, 0.05) is 125 Å². The number of aliphatic imine (C=N–C) groups is 1. The molecule has 0 radical (unpaired) electrons. The average Bonchev–Trinajstić information content (AvgIpc) is 4.00. The number of carboxylic acid groups (broad SMARTS) is 1. The molecule has 3 atom stereocenters. The summed E-state index contributed by atoms with van der Waals surface area (Å²) in [4.78, 5) is 81.0. The second-order valence-corrected chi connectivity index (χ2v) is 20.4. The minimum atomic E-state index is -1.24. The van der Waals surface area contributed by atoms with Gasteiger partial charge in [0.25, 0.3) is 0 Å². The zero-order valence-electron chi connectivity index (χ0n) is 45.2. The Morgan fingerprint density at radius 2 is 1.38 bits per heavy atom. The summed E-state index contributed by atoms with van der Waals surface area (Å²) in [7, 11) is 0. The quantitative estimate of drug-likeness (QED) is 0.0248. The Kier molecular flexibility index (Phi) is 16.5. The van der Waals surface area contributed by atoms with E-state index in [9.17, 15) is 39.6 Å². The number of hydrogen-bond donors (Lipinski definition) is 7.